The van der Waals surface area contributed by atoms with Crippen LogP contribution in [0.2, 0.25) is 0 Å². The minimum Gasteiger partial charge on any atom is -0.301 e. The Kier molecular flexibility index (Phi) is 4.14. The molecule has 1 unspecified atom stereocenters. The third-order valence-electron chi connectivity index (χ3n) is 2.99. The van der Waals surface area contributed by atoms with Gasteiger partial charge in [0.1, 0.15) is 0 Å². The highest BCUT2D eigenvalue weighted by Crippen LogP contribution is 2.42. The van der Waals surface area contributed by atoms with Gasteiger partial charge in [-0.1, -0.05) is 13.5 Å². The minimum atomic E-state index is -5.31. The maximum atomic E-state index is 13.8. The SMILES string of the molecule is C=C(F)C(F)(N1CCN(CC)CC1)C(F)(F)F. The Hall–Kier alpha value is -0.690. The summed E-state index contributed by atoms with van der Waals surface area (Å²) in [5.74, 6) is -6.07. The van der Waals surface area contributed by atoms with Crippen molar-refractivity contribution in [2.24, 2.45) is 0 Å². The number of halogens is 5. The molecule has 1 heterocycles. The Labute approximate surface area is 96.7 Å². The van der Waals surface area contributed by atoms with E-state index in [4.69, 9.17) is 0 Å². The monoisotopic (exact) mass is 258 g/mol. The van der Waals surface area contributed by atoms with Crippen LogP contribution in [0.3, 0.4) is 0 Å². The normalized spacial score (nSPS) is 23.4. The summed E-state index contributed by atoms with van der Waals surface area (Å²) in [6.07, 6.45) is -5.31. The third kappa shape index (κ3) is 2.60. The lowest BCUT2D eigenvalue weighted by Gasteiger charge is -2.42. The molecule has 0 amide bonds. The number of hydrogen-bond donors (Lipinski definition) is 0. The van der Waals surface area contributed by atoms with Crippen molar-refractivity contribution in [3.05, 3.63) is 12.4 Å². The first-order chi connectivity index (χ1) is 7.73. The average Bonchev–Trinajstić information content (AvgIpc) is 2.26. The van der Waals surface area contributed by atoms with Crippen molar-refractivity contribution < 1.29 is 22.0 Å². The standard InChI is InChI=1S/C10H15F5N2/c1-3-16-4-6-17(7-5-16)9(12,8(2)11)10(13,14)15/h2-7H2,1H3. The second-order valence-corrected chi connectivity index (χ2v) is 3.95. The molecule has 1 atom stereocenters. The Bertz CT molecular complexity index is 283. The molecule has 0 saturated carbocycles. The van der Waals surface area contributed by atoms with Crippen molar-refractivity contribution in [3.63, 3.8) is 0 Å². The molecule has 0 aliphatic carbocycles. The molecule has 1 saturated heterocycles. The molecule has 0 aromatic heterocycles. The molecule has 0 N–H and O–H groups in total. The Morgan fingerprint density at radius 1 is 1.12 bits per heavy atom. The topological polar surface area (TPSA) is 6.48 Å². The quantitative estimate of drug-likeness (QED) is 0.566. The molecule has 1 rings (SSSR count). The summed E-state index contributed by atoms with van der Waals surface area (Å²) in [6, 6.07) is 0. The van der Waals surface area contributed by atoms with Crippen molar-refractivity contribution >= 4 is 0 Å². The van der Waals surface area contributed by atoms with E-state index in [1.807, 2.05) is 11.8 Å². The van der Waals surface area contributed by atoms with Gasteiger partial charge < -0.3 is 4.90 Å². The molecule has 1 aliphatic heterocycles. The van der Waals surface area contributed by atoms with Crippen LogP contribution in [0.15, 0.2) is 12.4 Å². The van der Waals surface area contributed by atoms with Crippen molar-refractivity contribution in [3.8, 4) is 0 Å². The van der Waals surface area contributed by atoms with Crippen molar-refractivity contribution in [1.82, 2.24) is 9.80 Å². The zero-order valence-electron chi connectivity index (χ0n) is 9.53. The van der Waals surface area contributed by atoms with Gasteiger partial charge in [-0.15, -0.1) is 0 Å². The largest absolute Gasteiger partial charge is 0.443 e. The van der Waals surface area contributed by atoms with E-state index in [0.717, 1.165) is 0 Å². The fourth-order valence-corrected chi connectivity index (χ4v) is 1.88. The van der Waals surface area contributed by atoms with Crippen LogP contribution < -0.4 is 0 Å². The van der Waals surface area contributed by atoms with Crippen LogP contribution in [-0.2, 0) is 0 Å². The van der Waals surface area contributed by atoms with E-state index in [1.165, 1.54) is 0 Å². The number of piperazine rings is 1. The highest BCUT2D eigenvalue weighted by molar-refractivity contribution is 5.09. The summed E-state index contributed by atoms with van der Waals surface area (Å²) in [5, 5.41) is 0. The summed E-state index contributed by atoms with van der Waals surface area (Å²) in [5.41, 5.74) is 0. The molecule has 0 aromatic carbocycles. The number of rotatable bonds is 3. The van der Waals surface area contributed by atoms with Gasteiger partial charge in [0, 0.05) is 26.2 Å². The summed E-state index contributed by atoms with van der Waals surface area (Å²) in [6.45, 7) is 5.24. The Morgan fingerprint density at radius 2 is 1.59 bits per heavy atom. The smallest absolute Gasteiger partial charge is 0.301 e. The van der Waals surface area contributed by atoms with Gasteiger partial charge in [-0.2, -0.15) is 13.2 Å². The fraction of sp³-hybridized carbons (Fsp3) is 0.800. The maximum Gasteiger partial charge on any atom is 0.443 e. The van der Waals surface area contributed by atoms with Crippen LogP contribution in [0.4, 0.5) is 22.0 Å². The van der Waals surface area contributed by atoms with Crippen LogP contribution in [0, 0.1) is 0 Å². The summed E-state index contributed by atoms with van der Waals surface area (Å²) >= 11 is 0. The van der Waals surface area contributed by atoms with Gasteiger partial charge in [0.05, 0.1) is 0 Å². The highest BCUT2D eigenvalue weighted by atomic mass is 19.4. The van der Waals surface area contributed by atoms with Crippen LogP contribution in [0.25, 0.3) is 0 Å². The zero-order chi connectivity index (χ0) is 13.3. The van der Waals surface area contributed by atoms with Crippen molar-refractivity contribution in [1.29, 1.82) is 0 Å². The van der Waals surface area contributed by atoms with Crippen LogP contribution in [-0.4, -0.2) is 54.5 Å². The zero-order valence-corrected chi connectivity index (χ0v) is 9.53. The van der Waals surface area contributed by atoms with E-state index in [-0.39, 0.29) is 26.2 Å². The predicted octanol–water partition coefficient (Wildman–Crippen LogP) is 2.34. The highest BCUT2D eigenvalue weighted by Gasteiger charge is 2.63. The van der Waals surface area contributed by atoms with Gasteiger partial charge in [-0.3, -0.25) is 4.90 Å². The Balaban J connectivity index is 2.85. The van der Waals surface area contributed by atoms with Gasteiger partial charge in [-0.25, -0.2) is 8.78 Å². The van der Waals surface area contributed by atoms with E-state index < -0.39 is 17.8 Å². The lowest BCUT2D eigenvalue weighted by molar-refractivity contribution is -0.276. The predicted molar refractivity (Wildman–Crippen MR) is 53.8 cm³/mol. The fourth-order valence-electron chi connectivity index (χ4n) is 1.88. The van der Waals surface area contributed by atoms with Crippen molar-refractivity contribution in [2.45, 2.75) is 18.9 Å². The molecule has 2 nitrogen and oxygen atoms in total. The van der Waals surface area contributed by atoms with Gasteiger partial charge >= 0.3 is 12.0 Å². The van der Waals surface area contributed by atoms with E-state index in [2.05, 4.69) is 6.58 Å². The molecular weight excluding hydrogens is 243 g/mol. The average molecular weight is 258 g/mol. The van der Waals surface area contributed by atoms with Gasteiger partial charge in [-0.05, 0) is 6.54 Å². The van der Waals surface area contributed by atoms with E-state index in [0.29, 0.717) is 11.4 Å². The molecule has 1 aliphatic rings. The third-order valence-corrected chi connectivity index (χ3v) is 2.99. The second kappa shape index (κ2) is 4.89. The number of nitrogens with zero attached hydrogens (tertiary/aromatic N) is 2. The molecule has 7 heteroatoms. The molecule has 17 heavy (non-hydrogen) atoms. The Morgan fingerprint density at radius 3 is 1.88 bits per heavy atom. The first-order valence-electron chi connectivity index (χ1n) is 5.31. The lowest BCUT2D eigenvalue weighted by Crippen LogP contribution is -2.61. The van der Waals surface area contributed by atoms with Crippen LogP contribution in [0.5, 0.6) is 0 Å². The number of alkyl halides is 4. The summed E-state index contributed by atoms with van der Waals surface area (Å²) in [4.78, 5) is 2.33. The first-order valence-corrected chi connectivity index (χ1v) is 5.31. The summed E-state index contributed by atoms with van der Waals surface area (Å²) in [7, 11) is 0. The first kappa shape index (κ1) is 14.4. The molecule has 0 spiro atoms. The van der Waals surface area contributed by atoms with Crippen LogP contribution in [0.1, 0.15) is 6.92 Å². The maximum absolute atomic E-state index is 13.8. The molecule has 0 radical (unpaired) electrons. The van der Waals surface area contributed by atoms with Gasteiger partial charge in [0.15, 0.2) is 5.83 Å². The minimum absolute atomic E-state index is 0.174. The van der Waals surface area contributed by atoms with Gasteiger partial charge in [0.2, 0.25) is 0 Å². The van der Waals surface area contributed by atoms with Gasteiger partial charge in [0.25, 0.3) is 0 Å². The molecule has 0 aromatic rings. The second-order valence-electron chi connectivity index (χ2n) is 3.95. The van der Waals surface area contributed by atoms with Crippen molar-refractivity contribution in [2.75, 3.05) is 32.7 Å². The molecular formula is C10H15F5N2. The van der Waals surface area contributed by atoms with Crippen LogP contribution >= 0.6 is 0 Å². The molecule has 1 fully saturated rings. The molecule has 0 bridgehead atoms. The number of likely N-dealkylation sites (N-methyl/N-ethyl adjacent to an activating group) is 1. The summed E-state index contributed by atoms with van der Waals surface area (Å²) < 4.78 is 64.5. The van der Waals surface area contributed by atoms with E-state index >= 15 is 0 Å². The molecule has 100 valence electrons. The lowest BCUT2D eigenvalue weighted by atomic mass is 10.1. The number of hydrogen-bond acceptors (Lipinski definition) is 2. The van der Waals surface area contributed by atoms with E-state index in [9.17, 15) is 22.0 Å². The van der Waals surface area contributed by atoms with E-state index in [1.54, 1.807) is 0 Å².